The summed E-state index contributed by atoms with van der Waals surface area (Å²) in [7, 11) is 2.06. The maximum absolute atomic E-state index is 12.1. The number of halogens is 1. The summed E-state index contributed by atoms with van der Waals surface area (Å²) in [5.41, 5.74) is 5.92. The van der Waals surface area contributed by atoms with Gasteiger partial charge in [0.1, 0.15) is 0 Å². The lowest BCUT2D eigenvalue weighted by molar-refractivity contribution is -0.110. The summed E-state index contributed by atoms with van der Waals surface area (Å²) in [6.07, 6.45) is 0.901. The third-order valence-corrected chi connectivity index (χ3v) is 4.94. The van der Waals surface area contributed by atoms with Gasteiger partial charge in [0.15, 0.2) is 5.71 Å². The van der Waals surface area contributed by atoms with Crippen LogP contribution in [0.2, 0.25) is 5.02 Å². The molecule has 2 aliphatic heterocycles. The van der Waals surface area contributed by atoms with Crippen molar-refractivity contribution in [3.8, 4) is 11.1 Å². The second-order valence-electron chi connectivity index (χ2n) is 6.20. The third kappa shape index (κ3) is 2.28. The van der Waals surface area contributed by atoms with E-state index >= 15 is 0 Å². The maximum Gasteiger partial charge on any atom is 0.278 e. The number of rotatable bonds is 1. The van der Waals surface area contributed by atoms with Crippen LogP contribution < -0.4 is 5.32 Å². The molecule has 2 aliphatic rings. The number of fused-ring (bicyclic) bond motifs is 3. The lowest BCUT2D eigenvalue weighted by atomic mass is 9.87. The van der Waals surface area contributed by atoms with E-state index in [4.69, 9.17) is 11.6 Å². The molecule has 0 radical (unpaired) electrons. The van der Waals surface area contributed by atoms with Gasteiger partial charge in [-0.2, -0.15) is 0 Å². The number of nitrogens with one attached hydrogen (secondary N) is 1. The van der Waals surface area contributed by atoms with Crippen LogP contribution >= 0.6 is 11.6 Å². The third-order valence-electron chi connectivity index (χ3n) is 4.68. The number of benzene rings is 2. The highest BCUT2D eigenvalue weighted by Crippen LogP contribution is 2.40. The van der Waals surface area contributed by atoms with Gasteiger partial charge in [0.25, 0.3) is 5.91 Å². The average molecular weight is 342 g/mol. The molecule has 2 aromatic rings. The minimum atomic E-state index is -0.365. The molecule has 0 unspecified atom stereocenters. The predicted molar refractivity (Wildman–Crippen MR) is 93.9 cm³/mol. The molecule has 0 saturated carbocycles. The zero-order valence-electron chi connectivity index (χ0n) is 13.1. The topological polar surface area (TPSA) is 64.9 Å². The molecule has 0 saturated heterocycles. The molecule has 6 heteroatoms. The summed E-state index contributed by atoms with van der Waals surface area (Å²) in [6, 6.07) is 9.60. The van der Waals surface area contributed by atoms with E-state index in [1.807, 2.05) is 30.3 Å². The van der Waals surface area contributed by atoms with Crippen molar-refractivity contribution in [1.29, 1.82) is 0 Å². The molecule has 2 aromatic carbocycles. The number of likely N-dealkylation sites (N-methyl/N-ethyl adjacent to an activating group) is 1. The van der Waals surface area contributed by atoms with E-state index < -0.39 is 0 Å². The quantitative estimate of drug-likeness (QED) is 0.618. The molecular formula is C18H16ClN3O2. The summed E-state index contributed by atoms with van der Waals surface area (Å²) in [6.45, 7) is 1.71. The average Bonchev–Trinajstić information content (AvgIpc) is 2.90. The molecule has 1 amide bonds. The Morgan fingerprint density at radius 2 is 1.96 bits per heavy atom. The van der Waals surface area contributed by atoms with Crippen LogP contribution in [0.25, 0.3) is 11.1 Å². The smallest absolute Gasteiger partial charge is 0.278 e. The van der Waals surface area contributed by atoms with E-state index in [2.05, 4.69) is 22.4 Å². The summed E-state index contributed by atoms with van der Waals surface area (Å²) in [5, 5.41) is 16.0. The van der Waals surface area contributed by atoms with Gasteiger partial charge in [-0.3, -0.25) is 4.79 Å². The molecule has 0 fully saturated rings. The van der Waals surface area contributed by atoms with Gasteiger partial charge in [-0.05, 0) is 53.9 Å². The van der Waals surface area contributed by atoms with E-state index in [1.165, 1.54) is 5.56 Å². The zero-order chi connectivity index (χ0) is 16.8. The molecule has 0 bridgehead atoms. The monoisotopic (exact) mass is 341 g/mol. The van der Waals surface area contributed by atoms with Crippen molar-refractivity contribution in [2.75, 3.05) is 18.9 Å². The van der Waals surface area contributed by atoms with Gasteiger partial charge >= 0.3 is 0 Å². The Morgan fingerprint density at radius 1 is 1.21 bits per heavy atom. The number of amides is 1. The Morgan fingerprint density at radius 3 is 2.67 bits per heavy atom. The summed E-state index contributed by atoms with van der Waals surface area (Å²) < 4.78 is 0. The molecular weight excluding hydrogens is 326 g/mol. The van der Waals surface area contributed by atoms with Crippen molar-refractivity contribution in [1.82, 2.24) is 4.90 Å². The first kappa shape index (κ1) is 15.2. The second-order valence-corrected chi connectivity index (χ2v) is 6.64. The number of hydrogen-bond acceptors (Lipinski definition) is 4. The van der Waals surface area contributed by atoms with Gasteiger partial charge in [-0.15, -0.1) is 0 Å². The molecule has 0 aromatic heterocycles. The van der Waals surface area contributed by atoms with Crippen LogP contribution in [0.3, 0.4) is 0 Å². The highest BCUT2D eigenvalue weighted by Gasteiger charge is 2.33. The standard InChI is InChI=1S/C18H16ClN3O2/c1-22-7-6-12-13(10-2-4-11(19)5-3-10)8-14-16(15(12)9-22)20-18(23)17(14)21-24/h2-5,8,24H,6-7,9H2,1H3,(H,20,21,23). The van der Waals surface area contributed by atoms with Crippen LogP contribution in [0.5, 0.6) is 0 Å². The minimum Gasteiger partial charge on any atom is -0.410 e. The Hall–Kier alpha value is -2.37. The van der Waals surface area contributed by atoms with Gasteiger partial charge in [-0.25, -0.2) is 0 Å². The van der Waals surface area contributed by atoms with E-state index in [1.54, 1.807) is 0 Å². The second kappa shape index (κ2) is 5.61. The predicted octanol–water partition coefficient (Wildman–Crippen LogP) is 3.13. The number of hydrogen-bond donors (Lipinski definition) is 2. The number of oxime groups is 1. The van der Waals surface area contributed by atoms with Crippen molar-refractivity contribution >= 4 is 28.9 Å². The fourth-order valence-electron chi connectivity index (χ4n) is 3.50. The van der Waals surface area contributed by atoms with Gasteiger partial charge in [0, 0.05) is 23.7 Å². The lowest BCUT2D eigenvalue weighted by Gasteiger charge is -2.29. The number of carbonyl (C=O) groups is 1. The van der Waals surface area contributed by atoms with Crippen molar-refractivity contribution in [3.05, 3.63) is 52.0 Å². The van der Waals surface area contributed by atoms with Gasteiger partial charge in [0.2, 0.25) is 0 Å². The maximum atomic E-state index is 12.1. The van der Waals surface area contributed by atoms with E-state index in [0.29, 0.717) is 10.6 Å². The number of carbonyl (C=O) groups excluding carboxylic acids is 1. The van der Waals surface area contributed by atoms with Crippen molar-refractivity contribution in [3.63, 3.8) is 0 Å². The summed E-state index contributed by atoms with van der Waals surface area (Å²) in [4.78, 5) is 14.3. The highest BCUT2D eigenvalue weighted by molar-refractivity contribution is 6.54. The normalized spacial score (nSPS) is 18.4. The van der Waals surface area contributed by atoms with Crippen LogP contribution in [0.4, 0.5) is 5.69 Å². The molecule has 0 spiro atoms. The molecule has 2 N–H and O–H groups in total. The van der Waals surface area contributed by atoms with E-state index in [9.17, 15) is 10.0 Å². The van der Waals surface area contributed by atoms with Crippen molar-refractivity contribution in [2.45, 2.75) is 13.0 Å². The first-order chi connectivity index (χ1) is 11.6. The van der Waals surface area contributed by atoms with E-state index in [0.717, 1.165) is 41.9 Å². The molecule has 2 heterocycles. The number of anilines is 1. The summed E-state index contributed by atoms with van der Waals surface area (Å²) in [5.74, 6) is -0.365. The Kier molecular flexibility index (Phi) is 3.55. The van der Waals surface area contributed by atoms with Crippen LogP contribution in [0, 0.1) is 0 Å². The molecule has 0 atom stereocenters. The van der Waals surface area contributed by atoms with Crippen molar-refractivity contribution < 1.29 is 10.0 Å². The highest BCUT2D eigenvalue weighted by atomic mass is 35.5. The SMILES string of the molecule is CN1CCc2c(-c3ccc(Cl)cc3)cc3c(c2C1)NC(=O)/C3=N\O. The van der Waals surface area contributed by atoms with Crippen molar-refractivity contribution in [2.24, 2.45) is 5.16 Å². The Labute approximate surface area is 144 Å². The largest absolute Gasteiger partial charge is 0.410 e. The molecule has 5 nitrogen and oxygen atoms in total. The van der Waals surface area contributed by atoms with Gasteiger partial charge < -0.3 is 15.4 Å². The zero-order valence-corrected chi connectivity index (χ0v) is 13.9. The van der Waals surface area contributed by atoms with Crippen LogP contribution in [0.1, 0.15) is 16.7 Å². The van der Waals surface area contributed by atoms with Gasteiger partial charge in [-0.1, -0.05) is 28.9 Å². The Bertz CT molecular complexity index is 875. The Balaban J connectivity index is 1.98. The number of nitrogens with zero attached hydrogens (tertiary/aromatic N) is 2. The molecule has 122 valence electrons. The molecule has 0 aliphatic carbocycles. The fourth-order valence-corrected chi connectivity index (χ4v) is 3.63. The summed E-state index contributed by atoms with van der Waals surface area (Å²) >= 11 is 6.01. The minimum absolute atomic E-state index is 0.0660. The van der Waals surface area contributed by atoms with Crippen LogP contribution in [0.15, 0.2) is 35.5 Å². The van der Waals surface area contributed by atoms with Crippen LogP contribution in [-0.2, 0) is 17.8 Å². The first-order valence-corrected chi connectivity index (χ1v) is 8.13. The van der Waals surface area contributed by atoms with Gasteiger partial charge in [0.05, 0.1) is 5.69 Å². The van der Waals surface area contributed by atoms with Crippen LogP contribution in [-0.4, -0.2) is 35.3 Å². The lowest BCUT2D eigenvalue weighted by Crippen LogP contribution is -2.27. The fraction of sp³-hybridized carbons (Fsp3) is 0.222. The van der Waals surface area contributed by atoms with E-state index in [-0.39, 0.29) is 11.6 Å². The molecule has 4 rings (SSSR count). The first-order valence-electron chi connectivity index (χ1n) is 7.75. The molecule has 24 heavy (non-hydrogen) atoms.